The molecule has 1 saturated heterocycles. The average Bonchev–Trinajstić information content (AvgIpc) is 3.04. The molecule has 0 aliphatic carbocycles. The molecule has 7 heteroatoms. The highest BCUT2D eigenvalue weighted by molar-refractivity contribution is 5.91. The third kappa shape index (κ3) is 4.11. The van der Waals surface area contributed by atoms with Crippen LogP contribution in [0.2, 0.25) is 0 Å². The Hall–Kier alpha value is -2.41. The number of hydrogen-bond donors (Lipinski definition) is 1. The maximum absolute atomic E-state index is 12.4. The van der Waals surface area contributed by atoms with Gasteiger partial charge in [-0.15, -0.1) is 0 Å². The van der Waals surface area contributed by atoms with Crippen LogP contribution in [0, 0.1) is 0 Å². The number of carbonyl (C=O) groups excluding carboxylic acids is 1. The van der Waals surface area contributed by atoms with Gasteiger partial charge in [-0.2, -0.15) is 0 Å². The van der Waals surface area contributed by atoms with Crippen molar-refractivity contribution in [1.82, 2.24) is 19.8 Å². The number of nitrogens with one attached hydrogen (secondary N) is 1. The number of anilines is 1. The summed E-state index contributed by atoms with van der Waals surface area (Å²) in [5.74, 6) is 1.04. The van der Waals surface area contributed by atoms with Crippen molar-refractivity contribution in [1.29, 1.82) is 0 Å². The van der Waals surface area contributed by atoms with Crippen molar-refractivity contribution in [3.05, 3.63) is 42.1 Å². The molecule has 0 spiro atoms. The van der Waals surface area contributed by atoms with Gasteiger partial charge in [0.2, 0.25) is 5.95 Å². The first-order valence-electron chi connectivity index (χ1n) is 8.36. The molecule has 1 aliphatic rings. The summed E-state index contributed by atoms with van der Waals surface area (Å²) in [6.45, 7) is 6.88. The van der Waals surface area contributed by atoms with Crippen LogP contribution >= 0.6 is 0 Å². The molecule has 1 fully saturated rings. The summed E-state index contributed by atoms with van der Waals surface area (Å²) < 4.78 is 5.22. The number of furan rings is 1. The van der Waals surface area contributed by atoms with Crippen LogP contribution in [0.3, 0.4) is 0 Å². The van der Waals surface area contributed by atoms with Crippen molar-refractivity contribution in [2.45, 2.75) is 19.9 Å². The van der Waals surface area contributed by atoms with E-state index in [2.05, 4.69) is 20.2 Å². The molecule has 3 rings (SSSR count). The maximum Gasteiger partial charge on any atom is 0.289 e. The fraction of sp³-hybridized carbons (Fsp3) is 0.471. The Bertz CT molecular complexity index is 642. The van der Waals surface area contributed by atoms with Gasteiger partial charge in [0.15, 0.2) is 5.76 Å². The summed E-state index contributed by atoms with van der Waals surface area (Å²) in [7, 11) is 0. The summed E-state index contributed by atoms with van der Waals surface area (Å²) in [6, 6.07) is 3.46. The van der Waals surface area contributed by atoms with Crippen molar-refractivity contribution >= 4 is 11.9 Å². The summed E-state index contributed by atoms with van der Waals surface area (Å²) in [6.07, 6.45) is 6.21. The SMILES string of the molecule is CCNc1ncc(CN2CCCN(C(=O)c3ccco3)CC2)cn1. The number of carbonyl (C=O) groups is 1. The van der Waals surface area contributed by atoms with E-state index < -0.39 is 0 Å². The molecule has 0 radical (unpaired) electrons. The van der Waals surface area contributed by atoms with E-state index in [-0.39, 0.29) is 5.91 Å². The van der Waals surface area contributed by atoms with Gasteiger partial charge in [0.1, 0.15) is 0 Å². The van der Waals surface area contributed by atoms with Crippen LogP contribution in [0.5, 0.6) is 0 Å². The van der Waals surface area contributed by atoms with Gasteiger partial charge >= 0.3 is 0 Å². The first-order valence-corrected chi connectivity index (χ1v) is 8.36. The van der Waals surface area contributed by atoms with Gasteiger partial charge in [0.25, 0.3) is 5.91 Å². The molecule has 2 aromatic rings. The second-order valence-corrected chi connectivity index (χ2v) is 5.84. The molecule has 3 heterocycles. The molecule has 24 heavy (non-hydrogen) atoms. The Labute approximate surface area is 141 Å². The van der Waals surface area contributed by atoms with Crippen LogP contribution in [0.25, 0.3) is 0 Å². The molecule has 0 unspecified atom stereocenters. The van der Waals surface area contributed by atoms with E-state index in [4.69, 9.17) is 4.42 Å². The highest BCUT2D eigenvalue weighted by atomic mass is 16.3. The zero-order chi connectivity index (χ0) is 16.8. The first-order chi connectivity index (χ1) is 11.8. The van der Waals surface area contributed by atoms with Gasteiger partial charge < -0.3 is 14.6 Å². The minimum Gasteiger partial charge on any atom is -0.459 e. The summed E-state index contributed by atoms with van der Waals surface area (Å²) in [4.78, 5) is 25.2. The maximum atomic E-state index is 12.4. The molecular formula is C17H23N5O2. The van der Waals surface area contributed by atoms with E-state index in [1.807, 2.05) is 24.2 Å². The van der Waals surface area contributed by atoms with Crippen molar-refractivity contribution < 1.29 is 9.21 Å². The summed E-state index contributed by atoms with van der Waals surface area (Å²) >= 11 is 0. The fourth-order valence-electron chi connectivity index (χ4n) is 2.83. The Morgan fingerprint density at radius 1 is 1.25 bits per heavy atom. The van der Waals surface area contributed by atoms with Crippen LogP contribution in [0.4, 0.5) is 5.95 Å². The molecule has 128 valence electrons. The molecular weight excluding hydrogens is 306 g/mol. The normalized spacial score (nSPS) is 16.0. The van der Waals surface area contributed by atoms with Crippen molar-refractivity contribution in [2.75, 3.05) is 38.0 Å². The van der Waals surface area contributed by atoms with E-state index >= 15 is 0 Å². The Kier molecular flexibility index (Phi) is 5.43. The van der Waals surface area contributed by atoms with E-state index in [9.17, 15) is 4.79 Å². The lowest BCUT2D eigenvalue weighted by Gasteiger charge is -2.21. The average molecular weight is 329 g/mol. The van der Waals surface area contributed by atoms with Gasteiger partial charge in [0.05, 0.1) is 6.26 Å². The molecule has 1 amide bonds. The van der Waals surface area contributed by atoms with Crippen LogP contribution in [-0.2, 0) is 6.54 Å². The number of rotatable bonds is 5. The number of aromatic nitrogens is 2. The molecule has 0 bridgehead atoms. The van der Waals surface area contributed by atoms with E-state index in [1.165, 1.54) is 6.26 Å². The van der Waals surface area contributed by atoms with Gasteiger partial charge in [-0.3, -0.25) is 9.69 Å². The summed E-state index contributed by atoms with van der Waals surface area (Å²) in [5, 5.41) is 3.09. The smallest absolute Gasteiger partial charge is 0.289 e. The third-order valence-electron chi connectivity index (χ3n) is 4.05. The van der Waals surface area contributed by atoms with Crippen LogP contribution in [0.1, 0.15) is 29.5 Å². The summed E-state index contributed by atoms with van der Waals surface area (Å²) in [5.41, 5.74) is 1.09. The molecule has 0 saturated carbocycles. The molecule has 0 aromatic carbocycles. The number of hydrogen-bond acceptors (Lipinski definition) is 6. The molecule has 7 nitrogen and oxygen atoms in total. The molecule has 1 aliphatic heterocycles. The predicted octanol–water partition coefficient (Wildman–Crippen LogP) is 1.85. The lowest BCUT2D eigenvalue weighted by molar-refractivity contribution is 0.0729. The van der Waals surface area contributed by atoms with E-state index in [0.717, 1.165) is 44.7 Å². The van der Waals surface area contributed by atoms with Gasteiger partial charge in [-0.05, 0) is 25.5 Å². The van der Waals surface area contributed by atoms with Crippen molar-refractivity contribution in [3.8, 4) is 0 Å². The van der Waals surface area contributed by atoms with Crippen LogP contribution < -0.4 is 5.32 Å². The van der Waals surface area contributed by atoms with Crippen molar-refractivity contribution in [3.63, 3.8) is 0 Å². The minimum absolute atomic E-state index is 0.0276. The second kappa shape index (κ2) is 7.92. The standard InChI is InChI=1S/C17H23N5O2/c1-2-18-17-19-11-14(12-20-17)13-21-6-4-7-22(9-8-21)16(23)15-5-3-10-24-15/h3,5,10-12H,2,4,6-9,13H2,1H3,(H,18,19,20). The zero-order valence-corrected chi connectivity index (χ0v) is 13.9. The first kappa shape index (κ1) is 16.4. The Morgan fingerprint density at radius 3 is 2.79 bits per heavy atom. The monoisotopic (exact) mass is 329 g/mol. The van der Waals surface area contributed by atoms with Gasteiger partial charge in [0, 0.05) is 57.2 Å². The zero-order valence-electron chi connectivity index (χ0n) is 13.9. The fourth-order valence-corrected chi connectivity index (χ4v) is 2.83. The quantitative estimate of drug-likeness (QED) is 0.902. The highest BCUT2D eigenvalue weighted by Crippen LogP contribution is 2.12. The van der Waals surface area contributed by atoms with Crippen LogP contribution in [0.15, 0.2) is 35.2 Å². The molecule has 0 atom stereocenters. The largest absolute Gasteiger partial charge is 0.459 e. The number of amides is 1. The highest BCUT2D eigenvalue weighted by Gasteiger charge is 2.22. The van der Waals surface area contributed by atoms with Gasteiger partial charge in [-0.25, -0.2) is 9.97 Å². The predicted molar refractivity (Wildman–Crippen MR) is 90.7 cm³/mol. The second-order valence-electron chi connectivity index (χ2n) is 5.84. The van der Waals surface area contributed by atoms with Crippen LogP contribution in [-0.4, -0.2) is 58.4 Å². The van der Waals surface area contributed by atoms with Crippen molar-refractivity contribution in [2.24, 2.45) is 0 Å². The number of nitrogens with zero attached hydrogens (tertiary/aromatic N) is 4. The minimum atomic E-state index is -0.0276. The Balaban J connectivity index is 1.54. The molecule has 1 N–H and O–H groups in total. The lowest BCUT2D eigenvalue weighted by Crippen LogP contribution is -2.34. The van der Waals surface area contributed by atoms with E-state index in [1.54, 1.807) is 12.1 Å². The molecule has 2 aromatic heterocycles. The van der Waals surface area contributed by atoms with E-state index in [0.29, 0.717) is 18.3 Å². The lowest BCUT2D eigenvalue weighted by atomic mass is 10.3. The van der Waals surface area contributed by atoms with Gasteiger partial charge in [-0.1, -0.05) is 0 Å². The Morgan fingerprint density at radius 2 is 2.08 bits per heavy atom. The topological polar surface area (TPSA) is 74.5 Å². The third-order valence-corrected chi connectivity index (χ3v) is 4.05.